The summed E-state index contributed by atoms with van der Waals surface area (Å²) in [5, 5.41) is 0.868. The molecule has 1 aromatic heterocycles. The third-order valence-corrected chi connectivity index (χ3v) is 5.03. The Bertz CT molecular complexity index is 761. The van der Waals surface area contributed by atoms with Crippen molar-refractivity contribution >= 4 is 43.3 Å². The first kappa shape index (κ1) is 13.5. The van der Waals surface area contributed by atoms with Gasteiger partial charge >= 0.3 is 0 Å². The van der Waals surface area contributed by atoms with Crippen molar-refractivity contribution in [2.24, 2.45) is 0 Å². The largest absolute Gasteiger partial charge is 0.294 e. The summed E-state index contributed by atoms with van der Waals surface area (Å²) in [6.07, 6.45) is 0.356. The molecule has 2 nitrogen and oxygen atoms in total. The maximum atomic E-state index is 12.3. The molecular formula is C16H12BrNOS. The van der Waals surface area contributed by atoms with Crippen molar-refractivity contribution in [1.29, 1.82) is 0 Å². The van der Waals surface area contributed by atoms with E-state index in [4.69, 9.17) is 0 Å². The number of halogens is 1. The molecule has 0 atom stereocenters. The van der Waals surface area contributed by atoms with Crippen molar-refractivity contribution in [1.82, 2.24) is 4.98 Å². The van der Waals surface area contributed by atoms with Crippen LogP contribution in [0.3, 0.4) is 0 Å². The number of ketones is 1. The summed E-state index contributed by atoms with van der Waals surface area (Å²) in [5.74, 6) is 0.102. The molecule has 0 saturated carbocycles. The van der Waals surface area contributed by atoms with Crippen molar-refractivity contribution in [2.75, 3.05) is 0 Å². The Balaban J connectivity index is 1.86. The van der Waals surface area contributed by atoms with Gasteiger partial charge in [0.1, 0.15) is 5.01 Å². The molecule has 0 amide bonds. The molecule has 0 spiro atoms. The summed E-state index contributed by atoms with van der Waals surface area (Å²) in [7, 11) is 0. The van der Waals surface area contributed by atoms with E-state index in [0.29, 0.717) is 6.42 Å². The average Bonchev–Trinajstić information content (AvgIpc) is 2.83. The molecule has 20 heavy (non-hydrogen) atoms. The van der Waals surface area contributed by atoms with Gasteiger partial charge in [-0.25, -0.2) is 4.98 Å². The molecule has 1 heterocycles. The molecule has 0 bridgehead atoms. The van der Waals surface area contributed by atoms with Gasteiger partial charge in [0, 0.05) is 10.0 Å². The number of rotatable bonds is 3. The Hall–Kier alpha value is -1.52. The van der Waals surface area contributed by atoms with Crippen molar-refractivity contribution in [3.63, 3.8) is 0 Å². The van der Waals surface area contributed by atoms with E-state index in [1.54, 1.807) is 11.3 Å². The highest BCUT2D eigenvalue weighted by Gasteiger charge is 2.11. The van der Waals surface area contributed by atoms with Gasteiger partial charge in [-0.15, -0.1) is 11.3 Å². The monoisotopic (exact) mass is 345 g/mol. The number of carbonyl (C=O) groups excluding carboxylic acids is 1. The van der Waals surface area contributed by atoms with E-state index in [0.717, 1.165) is 30.8 Å². The van der Waals surface area contributed by atoms with E-state index in [2.05, 4.69) is 20.9 Å². The summed E-state index contributed by atoms with van der Waals surface area (Å²) < 4.78 is 2.09. The molecule has 4 heteroatoms. The lowest BCUT2D eigenvalue weighted by molar-refractivity contribution is 0.0993. The maximum Gasteiger partial charge on any atom is 0.169 e. The first-order valence-electron chi connectivity index (χ1n) is 6.27. The lowest BCUT2D eigenvalue weighted by Gasteiger charge is -2.02. The quantitative estimate of drug-likeness (QED) is 0.638. The van der Waals surface area contributed by atoms with Crippen LogP contribution >= 0.6 is 27.3 Å². The Kier molecular flexibility index (Phi) is 3.68. The fourth-order valence-corrected chi connectivity index (χ4v) is 3.35. The van der Waals surface area contributed by atoms with Crippen LogP contribution in [0.2, 0.25) is 0 Å². The molecule has 0 saturated heterocycles. The molecule has 2 aromatic carbocycles. The number of aryl methyl sites for hydroxylation is 1. The zero-order valence-electron chi connectivity index (χ0n) is 10.9. The number of fused-ring (bicyclic) bond motifs is 1. The fourth-order valence-electron chi connectivity index (χ4n) is 2.00. The molecule has 0 N–H and O–H groups in total. The van der Waals surface area contributed by atoms with Gasteiger partial charge in [0.2, 0.25) is 0 Å². The lowest BCUT2D eigenvalue weighted by atomic mass is 10.1. The van der Waals surface area contributed by atoms with Crippen LogP contribution in [0.1, 0.15) is 20.9 Å². The van der Waals surface area contributed by atoms with Crippen molar-refractivity contribution < 1.29 is 4.79 Å². The first-order valence-corrected chi connectivity index (χ1v) is 7.88. The number of benzene rings is 2. The van der Waals surface area contributed by atoms with Crippen molar-refractivity contribution in [3.05, 3.63) is 63.1 Å². The van der Waals surface area contributed by atoms with E-state index in [-0.39, 0.29) is 5.78 Å². The summed E-state index contributed by atoms with van der Waals surface area (Å²) in [4.78, 5) is 16.8. The normalized spacial score (nSPS) is 10.9. The Morgan fingerprint density at radius 3 is 2.80 bits per heavy atom. The molecule has 0 fully saturated rings. The van der Waals surface area contributed by atoms with E-state index in [1.807, 2.05) is 49.4 Å². The number of Topliss-reactive ketones (excluding diaryl/α,β-unsaturated/α-hetero) is 1. The molecule has 0 aliphatic carbocycles. The minimum atomic E-state index is 0.102. The van der Waals surface area contributed by atoms with Crippen LogP contribution in [0.4, 0.5) is 0 Å². The topological polar surface area (TPSA) is 30.0 Å². The maximum absolute atomic E-state index is 12.3. The zero-order chi connectivity index (χ0) is 14.1. The zero-order valence-corrected chi connectivity index (χ0v) is 13.3. The van der Waals surface area contributed by atoms with Gasteiger partial charge in [-0.3, -0.25) is 4.79 Å². The third-order valence-electron chi connectivity index (χ3n) is 3.14. The van der Waals surface area contributed by atoms with Crippen LogP contribution in [0.15, 0.2) is 46.9 Å². The molecule has 3 aromatic rings. The summed E-state index contributed by atoms with van der Waals surface area (Å²) in [5.41, 5.74) is 2.81. The minimum Gasteiger partial charge on any atom is -0.294 e. The van der Waals surface area contributed by atoms with Gasteiger partial charge in [0.25, 0.3) is 0 Å². The second-order valence-corrected chi connectivity index (χ2v) is 6.61. The van der Waals surface area contributed by atoms with Gasteiger partial charge < -0.3 is 0 Å². The number of para-hydroxylation sites is 1. The van der Waals surface area contributed by atoms with Crippen molar-refractivity contribution in [2.45, 2.75) is 13.3 Å². The Morgan fingerprint density at radius 1 is 1.25 bits per heavy atom. The van der Waals surface area contributed by atoms with E-state index in [9.17, 15) is 4.79 Å². The van der Waals surface area contributed by atoms with Crippen LogP contribution in [0.5, 0.6) is 0 Å². The number of thiazole rings is 1. The second-order valence-electron chi connectivity index (χ2n) is 4.64. The van der Waals surface area contributed by atoms with Gasteiger partial charge in [-0.05, 0) is 30.7 Å². The molecule has 0 radical (unpaired) electrons. The number of hydrogen-bond donors (Lipinski definition) is 0. The SMILES string of the molecule is Cc1ccc(C(=O)Cc2nc3ccccc3s2)cc1Br. The molecule has 0 aliphatic rings. The number of hydrogen-bond acceptors (Lipinski definition) is 3. The summed E-state index contributed by atoms with van der Waals surface area (Å²) in [6, 6.07) is 13.7. The van der Waals surface area contributed by atoms with E-state index in [1.165, 1.54) is 0 Å². The molecule has 0 aliphatic heterocycles. The summed E-state index contributed by atoms with van der Waals surface area (Å²) >= 11 is 5.05. The fraction of sp³-hybridized carbons (Fsp3) is 0.125. The van der Waals surface area contributed by atoms with E-state index >= 15 is 0 Å². The van der Waals surface area contributed by atoms with Crippen LogP contribution in [-0.4, -0.2) is 10.8 Å². The van der Waals surface area contributed by atoms with Crippen LogP contribution in [-0.2, 0) is 6.42 Å². The molecule has 3 rings (SSSR count). The average molecular weight is 346 g/mol. The summed E-state index contributed by atoms with van der Waals surface area (Å²) in [6.45, 7) is 2.01. The van der Waals surface area contributed by atoms with Crippen LogP contribution in [0.25, 0.3) is 10.2 Å². The molecule has 0 unspecified atom stereocenters. The highest BCUT2D eigenvalue weighted by molar-refractivity contribution is 9.10. The van der Waals surface area contributed by atoms with Crippen LogP contribution < -0.4 is 0 Å². The standard InChI is InChI=1S/C16H12BrNOS/c1-10-6-7-11(8-12(10)17)14(19)9-16-18-13-4-2-3-5-15(13)20-16/h2-8H,9H2,1H3. The van der Waals surface area contributed by atoms with Crippen LogP contribution in [0, 0.1) is 6.92 Å². The predicted octanol–water partition coefficient (Wildman–Crippen LogP) is 4.79. The van der Waals surface area contributed by atoms with Gasteiger partial charge in [-0.2, -0.15) is 0 Å². The van der Waals surface area contributed by atoms with Gasteiger partial charge in [-0.1, -0.05) is 40.2 Å². The van der Waals surface area contributed by atoms with Crippen molar-refractivity contribution in [3.8, 4) is 0 Å². The van der Waals surface area contributed by atoms with Gasteiger partial charge in [0.05, 0.1) is 16.6 Å². The second kappa shape index (κ2) is 5.46. The third kappa shape index (κ3) is 2.67. The molecular weight excluding hydrogens is 334 g/mol. The first-order chi connectivity index (χ1) is 9.63. The lowest BCUT2D eigenvalue weighted by Crippen LogP contribution is -2.03. The van der Waals surface area contributed by atoms with Gasteiger partial charge in [0.15, 0.2) is 5.78 Å². The highest BCUT2D eigenvalue weighted by Crippen LogP contribution is 2.24. The minimum absolute atomic E-state index is 0.102. The Morgan fingerprint density at radius 2 is 2.05 bits per heavy atom. The molecule has 100 valence electrons. The number of carbonyl (C=O) groups is 1. The predicted molar refractivity (Wildman–Crippen MR) is 86.5 cm³/mol. The smallest absolute Gasteiger partial charge is 0.169 e. The highest BCUT2D eigenvalue weighted by atomic mass is 79.9. The number of nitrogens with zero attached hydrogens (tertiary/aromatic N) is 1. The number of aromatic nitrogens is 1. The van der Waals surface area contributed by atoms with E-state index < -0.39 is 0 Å². The Labute approximate surface area is 129 Å².